The largest absolute Gasteiger partial charge is 0.358 e. The Labute approximate surface area is 97.1 Å². The fourth-order valence-corrected chi connectivity index (χ4v) is 2.07. The molecule has 0 unspecified atom stereocenters. The van der Waals surface area contributed by atoms with Crippen LogP contribution in [0.5, 0.6) is 0 Å². The summed E-state index contributed by atoms with van der Waals surface area (Å²) in [7, 11) is 0. The summed E-state index contributed by atoms with van der Waals surface area (Å²) in [5.74, 6) is -0.443. The second kappa shape index (κ2) is 4.26. The first-order chi connectivity index (χ1) is 7.61. The van der Waals surface area contributed by atoms with Crippen LogP contribution in [0.25, 0.3) is 10.9 Å². The molecule has 0 radical (unpaired) electrons. The molecule has 2 nitrogen and oxygen atoms in total. The van der Waals surface area contributed by atoms with Gasteiger partial charge in [-0.15, -0.1) is 0 Å². The van der Waals surface area contributed by atoms with Gasteiger partial charge >= 0.3 is 0 Å². The molecule has 1 aromatic carbocycles. The Kier molecular flexibility index (Phi) is 2.97. The maximum Gasteiger partial charge on any atom is 0.191 e. The van der Waals surface area contributed by atoms with E-state index in [1.807, 2.05) is 6.92 Å². The minimum Gasteiger partial charge on any atom is -0.358 e. The molecule has 0 saturated heterocycles. The van der Waals surface area contributed by atoms with Crippen LogP contribution in [-0.4, -0.2) is 4.98 Å². The Morgan fingerprint density at radius 1 is 1.38 bits per heavy atom. The molecule has 16 heavy (non-hydrogen) atoms. The summed E-state index contributed by atoms with van der Waals surface area (Å²) < 4.78 is 13.1. The Morgan fingerprint density at radius 2 is 2.12 bits per heavy atom. The molecular formula is C12H11ClFNO. The van der Waals surface area contributed by atoms with E-state index in [0.717, 1.165) is 24.6 Å². The SMILES string of the molecule is CCCc1cc(=O)c2c(Cl)cc(F)cc2[nH]1. The minimum atomic E-state index is -0.443. The maximum atomic E-state index is 13.1. The minimum absolute atomic E-state index is 0.152. The van der Waals surface area contributed by atoms with Crippen molar-refractivity contribution in [2.45, 2.75) is 19.8 Å². The van der Waals surface area contributed by atoms with Crippen molar-refractivity contribution < 1.29 is 4.39 Å². The average Bonchev–Trinajstić information content (AvgIpc) is 2.15. The lowest BCUT2D eigenvalue weighted by Gasteiger charge is -2.04. The van der Waals surface area contributed by atoms with E-state index in [9.17, 15) is 9.18 Å². The molecule has 0 aliphatic heterocycles. The Hall–Kier alpha value is -1.35. The van der Waals surface area contributed by atoms with Crippen molar-refractivity contribution in [3.05, 3.63) is 45.0 Å². The fourth-order valence-electron chi connectivity index (χ4n) is 1.77. The maximum absolute atomic E-state index is 13.1. The number of aromatic nitrogens is 1. The topological polar surface area (TPSA) is 32.9 Å². The van der Waals surface area contributed by atoms with E-state index in [1.165, 1.54) is 12.1 Å². The van der Waals surface area contributed by atoms with Crippen LogP contribution in [0.3, 0.4) is 0 Å². The summed E-state index contributed by atoms with van der Waals surface area (Å²) >= 11 is 5.84. The molecule has 0 saturated carbocycles. The van der Waals surface area contributed by atoms with E-state index < -0.39 is 5.82 Å². The summed E-state index contributed by atoms with van der Waals surface area (Å²) in [6.07, 6.45) is 1.68. The number of aromatic amines is 1. The van der Waals surface area contributed by atoms with Crippen LogP contribution >= 0.6 is 11.6 Å². The Morgan fingerprint density at radius 3 is 2.81 bits per heavy atom. The molecule has 0 aliphatic carbocycles. The number of benzene rings is 1. The van der Waals surface area contributed by atoms with Crippen molar-refractivity contribution in [1.29, 1.82) is 0 Å². The van der Waals surface area contributed by atoms with Crippen molar-refractivity contribution in [3.8, 4) is 0 Å². The van der Waals surface area contributed by atoms with Gasteiger partial charge in [-0.3, -0.25) is 4.79 Å². The number of nitrogens with one attached hydrogen (secondary N) is 1. The fraction of sp³-hybridized carbons (Fsp3) is 0.250. The van der Waals surface area contributed by atoms with Crippen molar-refractivity contribution in [2.24, 2.45) is 0 Å². The van der Waals surface area contributed by atoms with Gasteiger partial charge in [-0.2, -0.15) is 0 Å². The second-order valence-corrected chi connectivity index (χ2v) is 4.13. The lowest BCUT2D eigenvalue weighted by atomic mass is 10.1. The van der Waals surface area contributed by atoms with E-state index in [-0.39, 0.29) is 10.5 Å². The highest BCUT2D eigenvalue weighted by atomic mass is 35.5. The summed E-state index contributed by atoms with van der Waals surface area (Å²) in [4.78, 5) is 14.8. The zero-order chi connectivity index (χ0) is 11.7. The van der Waals surface area contributed by atoms with E-state index in [1.54, 1.807) is 0 Å². The third-order valence-corrected chi connectivity index (χ3v) is 2.72. The van der Waals surface area contributed by atoms with Crippen molar-refractivity contribution in [3.63, 3.8) is 0 Å². The van der Waals surface area contributed by atoms with E-state index >= 15 is 0 Å². The normalized spacial score (nSPS) is 10.9. The molecule has 0 spiro atoms. The van der Waals surface area contributed by atoms with Gasteiger partial charge in [0.15, 0.2) is 5.43 Å². The molecule has 0 bridgehead atoms. The molecule has 2 rings (SSSR count). The smallest absolute Gasteiger partial charge is 0.191 e. The molecule has 1 N–H and O–H groups in total. The Bertz CT molecular complexity index is 591. The number of aryl methyl sites for hydroxylation is 1. The monoisotopic (exact) mass is 239 g/mol. The first-order valence-corrected chi connectivity index (χ1v) is 5.50. The lowest BCUT2D eigenvalue weighted by Crippen LogP contribution is -2.06. The van der Waals surface area contributed by atoms with Gasteiger partial charge in [-0.25, -0.2) is 4.39 Å². The third kappa shape index (κ3) is 1.95. The molecule has 84 valence electrons. The van der Waals surface area contributed by atoms with Crippen LogP contribution in [0.1, 0.15) is 19.0 Å². The van der Waals surface area contributed by atoms with E-state index in [2.05, 4.69) is 4.98 Å². The highest BCUT2D eigenvalue weighted by Crippen LogP contribution is 2.21. The molecule has 1 heterocycles. The van der Waals surface area contributed by atoms with Gasteiger partial charge in [0, 0.05) is 11.8 Å². The quantitative estimate of drug-likeness (QED) is 0.857. The van der Waals surface area contributed by atoms with E-state index in [0.29, 0.717) is 10.9 Å². The number of halogens is 2. The molecule has 0 aliphatic rings. The molecule has 0 fully saturated rings. The van der Waals surface area contributed by atoms with Crippen LogP contribution in [0.4, 0.5) is 4.39 Å². The predicted molar refractivity (Wildman–Crippen MR) is 63.5 cm³/mol. The van der Waals surface area contributed by atoms with Gasteiger partial charge in [0.05, 0.1) is 15.9 Å². The van der Waals surface area contributed by atoms with Crippen molar-refractivity contribution >= 4 is 22.5 Å². The highest BCUT2D eigenvalue weighted by Gasteiger charge is 2.07. The van der Waals surface area contributed by atoms with Crippen molar-refractivity contribution in [1.82, 2.24) is 4.98 Å². The lowest BCUT2D eigenvalue weighted by molar-refractivity contribution is 0.629. The number of fused-ring (bicyclic) bond motifs is 1. The number of hydrogen-bond donors (Lipinski definition) is 1. The molecule has 4 heteroatoms. The van der Waals surface area contributed by atoms with Crippen LogP contribution < -0.4 is 5.43 Å². The molecule has 0 amide bonds. The number of rotatable bonds is 2. The standard InChI is InChI=1S/C12H11ClFNO/c1-2-3-8-6-11(16)12-9(13)4-7(14)5-10(12)15-8/h4-6H,2-3H2,1H3,(H,15,16). The van der Waals surface area contributed by atoms with Gasteiger partial charge in [0.1, 0.15) is 5.82 Å². The highest BCUT2D eigenvalue weighted by molar-refractivity contribution is 6.35. The van der Waals surface area contributed by atoms with Crippen LogP contribution in [-0.2, 0) is 6.42 Å². The predicted octanol–water partition coefficient (Wildman–Crippen LogP) is 3.27. The van der Waals surface area contributed by atoms with Gasteiger partial charge in [0.2, 0.25) is 0 Å². The number of hydrogen-bond acceptors (Lipinski definition) is 1. The third-order valence-electron chi connectivity index (χ3n) is 2.42. The van der Waals surface area contributed by atoms with Gasteiger partial charge in [-0.05, 0) is 18.6 Å². The van der Waals surface area contributed by atoms with Crippen LogP contribution in [0, 0.1) is 5.82 Å². The molecule has 0 atom stereocenters. The summed E-state index contributed by atoms with van der Waals surface area (Å²) in [5, 5.41) is 0.502. The summed E-state index contributed by atoms with van der Waals surface area (Å²) in [5.41, 5.74) is 1.10. The second-order valence-electron chi connectivity index (χ2n) is 3.72. The first kappa shape index (κ1) is 11.1. The first-order valence-electron chi connectivity index (χ1n) is 5.12. The van der Waals surface area contributed by atoms with Crippen molar-refractivity contribution in [2.75, 3.05) is 0 Å². The summed E-state index contributed by atoms with van der Waals surface area (Å²) in [6.45, 7) is 2.01. The van der Waals surface area contributed by atoms with Gasteiger partial charge in [0.25, 0.3) is 0 Å². The van der Waals surface area contributed by atoms with Crippen LogP contribution in [0.2, 0.25) is 5.02 Å². The van der Waals surface area contributed by atoms with Gasteiger partial charge in [-0.1, -0.05) is 24.9 Å². The van der Waals surface area contributed by atoms with Gasteiger partial charge < -0.3 is 4.98 Å². The Balaban J connectivity index is 2.77. The zero-order valence-corrected chi connectivity index (χ0v) is 9.57. The average molecular weight is 240 g/mol. The zero-order valence-electron chi connectivity index (χ0n) is 8.81. The van der Waals surface area contributed by atoms with Crippen LogP contribution in [0.15, 0.2) is 23.0 Å². The number of H-pyrrole nitrogens is 1. The molecular weight excluding hydrogens is 229 g/mol. The van der Waals surface area contributed by atoms with E-state index in [4.69, 9.17) is 11.6 Å². The summed E-state index contributed by atoms with van der Waals surface area (Å²) in [6, 6.07) is 3.97. The number of pyridine rings is 1. The molecule has 2 aromatic rings. The molecule has 1 aromatic heterocycles.